The van der Waals surface area contributed by atoms with E-state index in [9.17, 15) is 9.70 Å². The van der Waals surface area contributed by atoms with E-state index < -0.39 is 0 Å². The summed E-state index contributed by atoms with van der Waals surface area (Å²) in [5.74, 6) is 1.42. The third-order valence-electron chi connectivity index (χ3n) is 7.93. The van der Waals surface area contributed by atoms with Gasteiger partial charge >= 0.3 is 0 Å². The van der Waals surface area contributed by atoms with Crippen LogP contribution in [0.2, 0.25) is 0 Å². The van der Waals surface area contributed by atoms with Gasteiger partial charge in [-0.05, 0) is 48.6 Å². The molecule has 2 fully saturated rings. The first kappa shape index (κ1) is 22.4. The number of nitrogens with zero attached hydrogens (tertiary/aromatic N) is 2. The SMILES string of the molecule is O=NCC(CC1CCCCC1)NCC(=O)N1CCc2ccccc2C1C1CCCCC1. The molecule has 2 unspecified atom stereocenters. The van der Waals surface area contributed by atoms with Crippen LogP contribution in [0.5, 0.6) is 0 Å². The third kappa shape index (κ3) is 5.74. The highest BCUT2D eigenvalue weighted by atomic mass is 16.3. The highest BCUT2D eigenvalue weighted by Gasteiger charge is 2.36. The van der Waals surface area contributed by atoms with E-state index in [0.717, 1.165) is 19.4 Å². The highest BCUT2D eigenvalue weighted by molar-refractivity contribution is 5.79. The van der Waals surface area contributed by atoms with Crippen molar-refractivity contribution in [1.82, 2.24) is 10.2 Å². The van der Waals surface area contributed by atoms with E-state index in [1.54, 1.807) is 0 Å². The molecule has 2 atom stereocenters. The molecule has 0 spiro atoms. The quantitative estimate of drug-likeness (QED) is 0.568. The molecular formula is C26H39N3O2. The zero-order chi connectivity index (χ0) is 21.5. The molecule has 4 rings (SSSR count). The number of hydrogen-bond acceptors (Lipinski definition) is 4. The summed E-state index contributed by atoms with van der Waals surface area (Å²) in [6, 6.07) is 8.95. The Balaban J connectivity index is 1.42. The Kier molecular flexibility index (Phi) is 8.12. The fraction of sp³-hybridized carbons (Fsp3) is 0.731. The molecule has 1 aromatic rings. The Morgan fingerprint density at radius 3 is 2.48 bits per heavy atom. The number of nitroso groups, excluding NO2 is 1. The van der Waals surface area contributed by atoms with Gasteiger partial charge in [0.2, 0.25) is 5.91 Å². The molecule has 0 radical (unpaired) electrons. The summed E-state index contributed by atoms with van der Waals surface area (Å²) >= 11 is 0. The molecule has 1 heterocycles. The van der Waals surface area contributed by atoms with Crippen LogP contribution in [-0.4, -0.2) is 36.5 Å². The minimum atomic E-state index is 0.0229. The van der Waals surface area contributed by atoms with Crippen LogP contribution < -0.4 is 5.32 Å². The van der Waals surface area contributed by atoms with Crippen LogP contribution in [0.4, 0.5) is 0 Å². The van der Waals surface area contributed by atoms with E-state index in [1.165, 1.54) is 75.3 Å². The van der Waals surface area contributed by atoms with Crippen LogP contribution >= 0.6 is 0 Å². The molecule has 170 valence electrons. The summed E-state index contributed by atoms with van der Waals surface area (Å²) < 4.78 is 0. The summed E-state index contributed by atoms with van der Waals surface area (Å²) in [7, 11) is 0. The maximum absolute atomic E-state index is 13.4. The molecule has 3 aliphatic rings. The number of nitrogens with one attached hydrogen (secondary N) is 1. The second-order valence-electron chi connectivity index (χ2n) is 10.0. The second-order valence-corrected chi connectivity index (χ2v) is 10.0. The van der Waals surface area contributed by atoms with Crippen molar-refractivity contribution in [3.8, 4) is 0 Å². The van der Waals surface area contributed by atoms with Gasteiger partial charge in [0, 0.05) is 12.6 Å². The number of benzene rings is 1. The van der Waals surface area contributed by atoms with Crippen LogP contribution in [0.3, 0.4) is 0 Å². The van der Waals surface area contributed by atoms with Crippen molar-refractivity contribution in [3.05, 3.63) is 40.3 Å². The van der Waals surface area contributed by atoms with Crippen molar-refractivity contribution in [2.45, 2.75) is 89.1 Å². The number of amides is 1. The van der Waals surface area contributed by atoms with Crippen molar-refractivity contribution in [2.24, 2.45) is 17.0 Å². The number of fused-ring (bicyclic) bond motifs is 1. The lowest BCUT2D eigenvalue weighted by atomic mass is 9.77. The van der Waals surface area contributed by atoms with Gasteiger partial charge in [-0.1, -0.05) is 80.8 Å². The van der Waals surface area contributed by atoms with E-state index in [2.05, 4.69) is 39.7 Å². The first-order chi connectivity index (χ1) is 15.3. The van der Waals surface area contributed by atoms with Crippen LogP contribution in [0.1, 0.15) is 87.8 Å². The molecule has 0 bridgehead atoms. The average molecular weight is 426 g/mol. The average Bonchev–Trinajstić information content (AvgIpc) is 2.83. The van der Waals surface area contributed by atoms with Crippen LogP contribution in [0.15, 0.2) is 29.4 Å². The minimum absolute atomic E-state index is 0.0229. The molecule has 1 amide bonds. The summed E-state index contributed by atoms with van der Waals surface area (Å²) in [5.41, 5.74) is 2.78. The molecule has 1 N–H and O–H groups in total. The van der Waals surface area contributed by atoms with Crippen molar-refractivity contribution >= 4 is 5.91 Å². The molecule has 2 aliphatic carbocycles. The standard InChI is InChI=1S/C26H39N3O2/c30-25(19-27-23(18-28-31)17-20-9-3-1-4-10-20)29-16-15-21-11-7-8-14-24(21)26(29)22-12-5-2-6-13-22/h7-8,11,14,20,22-23,26-27H,1-6,9-10,12-13,15-19H2. The lowest BCUT2D eigenvalue weighted by Gasteiger charge is -2.43. The fourth-order valence-corrected chi connectivity index (χ4v) is 6.31. The maximum Gasteiger partial charge on any atom is 0.237 e. The van der Waals surface area contributed by atoms with Gasteiger partial charge < -0.3 is 10.2 Å². The van der Waals surface area contributed by atoms with E-state index in [1.807, 2.05) is 0 Å². The van der Waals surface area contributed by atoms with Gasteiger partial charge in [-0.25, -0.2) is 0 Å². The van der Waals surface area contributed by atoms with Crippen LogP contribution in [-0.2, 0) is 11.2 Å². The first-order valence-electron chi connectivity index (χ1n) is 12.7. The predicted molar refractivity (Wildman–Crippen MR) is 125 cm³/mol. The number of rotatable bonds is 8. The van der Waals surface area contributed by atoms with Gasteiger partial charge in [0.25, 0.3) is 0 Å². The molecule has 5 nitrogen and oxygen atoms in total. The molecule has 0 saturated heterocycles. The normalized spacial score (nSPS) is 23.9. The van der Waals surface area contributed by atoms with Crippen molar-refractivity contribution < 1.29 is 4.79 Å². The predicted octanol–water partition coefficient (Wildman–Crippen LogP) is 5.39. The van der Waals surface area contributed by atoms with Crippen LogP contribution in [0.25, 0.3) is 0 Å². The van der Waals surface area contributed by atoms with E-state index in [-0.39, 0.29) is 24.5 Å². The number of carbonyl (C=O) groups is 1. The highest BCUT2D eigenvalue weighted by Crippen LogP contribution is 2.42. The van der Waals surface area contributed by atoms with Gasteiger partial charge in [0.15, 0.2) is 0 Å². The van der Waals surface area contributed by atoms with Gasteiger partial charge in [0.05, 0.1) is 19.1 Å². The summed E-state index contributed by atoms with van der Waals surface area (Å²) in [6.45, 7) is 1.38. The second kappa shape index (κ2) is 11.2. The van der Waals surface area contributed by atoms with Crippen molar-refractivity contribution in [2.75, 3.05) is 19.6 Å². The van der Waals surface area contributed by atoms with Gasteiger partial charge in [-0.2, -0.15) is 4.91 Å². The minimum Gasteiger partial charge on any atom is -0.334 e. The Morgan fingerprint density at radius 2 is 1.74 bits per heavy atom. The number of carbonyl (C=O) groups excluding carboxylic acids is 1. The van der Waals surface area contributed by atoms with Gasteiger partial charge in [-0.3, -0.25) is 4.79 Å². The zero-order valence-corrected chi connectivity index (χ0v) is 18.9. The van der Waals surface area contributed by atoms with Gasteiger partial charge in [0.1, 0.15) is 0 Å². The maximum atomic E-state index is 13.4. The Hall–Kier alpha value is -1.75. The molecule has 1 aliphatic heterocycles. The molecule has 1 aromatic carbocycles. The fourth-order valence-electron chi connectivity index (χ4n) is 6.31. The Labute approximate surface area is 187 Å². The molecule has 31 heavy (non-hydrogen) atoms. The summed E-state index contributed by atoms with van der Waals surface area (Å²) in [5, 5.41) is 6.60. The number of hydrogen-bond donors (Lipinski definition) is 1. The third-order valence-corrected chi connectivity index (χ3v) is 7.93. The van der Waals surface area contributed by atoms with Crippen molar-refractivity contribution in [3.63, 3.8) is 0 Å². The summed E-state index contributed by atoms with van der Waals surface area (Å²) in [4.78, 5) is 26.6. The lowest BCUT2D eigenvalue weighted by molar-refractivity contribution is -0.135. The summed E-state index contributed by atoms with van der Waals surface area (Å²) in [6.07, 6.45) is 14.6. The topological polar surface area (TPSA) is 61.8 Å². The van der Waals surface area contributed by atoms with Gasteiger partial charge in [-0.15, -0.1) is 0 Å². The van der Waals surface area contributed by atoms with E-state index in [4.69, 9.17) is 0 Å². The molecule has 0 aromatic heterocycles. The van der Waals surface area contributed by atoms with Crippen LogP contribution in [0, 0.1) is 16.7 Å². The zero-order valence-electron chi connectivity index (χ0n) is 18.9. The molecule has 5 heteroatoms. The Bertz CT molecular complexity index is 725. The molecular weight excluding hydrogens is 386 g/mol. The smallest absolute Gasteiger partial charge is 0.237 e. The Morgan fingerprint density at radius 1 is 1.03 bits per heavy atom. The van der Waals surface area contributed by atoms with E-state index >= 15 is 0 Å². The first-order valence-corrected chi connectivity index (χ1v) is 12.7. The largest absolute Gasteiger partial charge is 0.334 e. The lowest BCUT2D eigenvalue weighted by Crippen LogP contribution is -2.48. The monoisotopic (exact) mass is 425 g/mol. The van der Waals surface area contributed by atoms with Crippen molar-refractivity contribution in [1.29, 1.82) is 0 Å². The molecule has 2 saturated carbocycles. The van der Waals surface area contributed by atoms with E-state index in [0.29, 0.717) is 18.4 Å².